The van der Waals surface area contributed by atoms with E-state index in [1.165, 1.54) is 5.56 Å². The third-order valence-corrected chi connectivity index (χ3v) is 4.71. The van der Waals surface area contributed by atoms with E-state index in [9.17, 15) is 9.59 Å². The average Bonchev–Trinajstić information content (AvgIpc) is 2.64. The fraction of sp³-hybridized carbons (Fsp3) is 0.286. The van der Waals surface area contributed by atoms with Gasteiger partial charge in [0.15, 0.2) is 0 Å². The highest BCUT2D eigenvalue weighted by Crippen LogP contribution is 2.28. The first-order valence-electron chi connectivity index (χ1n) is 8.62. The average molecular weight is 350 g/mol. The van der Waals surface area contributed by atoms with Gasteiger partial charge < -0.3 is 9.84 Å². The summed E-state index contributed by atoms with van der Waals surface area (Å²) < 4.78 is 4.72. The lowest BCUT2D eigenvalue weighted by Gasteiger charge is -2.25. The Bertz CT molecular complexity index is 991. The smallest absolute Gasteiger partial charge is 0.326 e. The molecule has 3 aromatic rings. The molecule has 0 aliphatic heterocycles. The van der Waals surface area contributed by atoms with Crippen LogP contribution in [0.5, 0.6) is 0 Å². The number of nitrogens with zero attached hydrogens (tertiary/aromatic N) is 1. The second-order valence-electron chi connectivity index (χ2n) is 7.11. The van der Waals surface area contributed by atoms with E-state index >= 15 is 0 Å². The first-order valence-corrected chi connectivity index (χ1v) is 8.62. The number of rotatable bonds is 5. The van der Waals surface area contributed by atoms with Crippen molar-refractivity contribution in [1.29, 1.82) is 0 Å². The highest BCUT2D eigenvalue weighted by Gasteiger charge is 2.21. The summed E-state index contributed by atoms with van der Waals surface area (Å²) in [5, 5.41) is 7.78. The molecule has 0 atom stereocenters. The van der Waals surface area contributed by atoms with E-state index < -0.39 is 5.63 Å². The standard InChI is InChI=1S/C21H22N2O3/c1-14-18-13-16(9-10-17(18)20(25)26-23-14)22-19(24)11-12-21(2,3)15-7-5-4-6-8-15/h4-10,13H,11-12H2,1-3H3,(H,22,24). The number of carbonyl (C=O) groups is 1. The predicted octanol–water partition coefficient (Wildman–Crippen LogP) is 4.19. The molecule has 0 saturated heterocycles. The second kappa shape index (κ2) is 7.12. The Morgan fingerprint density at radius 2 is 1.85 bits per heavy atom. The van der Waals surface area contributed by atoms with Gasteiger partial charge in [-0.15, -0.1) is 0 Å². The fourth-order valence-electron chi connectivity index (χ4n) is 2.99. The highest BCUT2D eigenvalue weighted by atomic mass is 16.5. The lowest BCUT2D eigenvalue weighted by atomic mass is 9.80. The van der Waals surface area contributed by atoms with Gasteiger partial charge in [0.25, 0.3) is 0 Å². The summed E-state index contributed by atoms with van der Waals surface area (Å²) in [6.45, 7) is 6.04. The summed E-state index contributed by atoms with van der Waals surface area (Å²) in [4.78, 5) is 24.1. The van der Waals surface area contributed by atoms with Gasteiger partial charge in [-0.1, -0.05) is 49.3 Å². The summed E-state index contributed by atoms with van der Waals surface area (Å²) >= 11 is 0. The molecule has 26 heavy (non-hydrogen) atoms. The second-order valence-corrected chi connectivity index (χ2v) is 7.11. The van der Waals surface area contributed by atoms with Crippen LogP contribution in [0.3, 0.4) is 0 Å². The van der Waals surface area contributed by atoms with Crippen LogP contribution in [0.15, 0.2) is 57.8 Å². The van der Waals surface area contributed by atoms with Gasteiger partial charge in [0.2, 0.25) is 5.91 Å². The molecule has 1 amide bonds. The summed E-state index contributed by atoms with van der Waals surface area (Å²) in [5.41, 5.74) is 1.91. The van der Waals surface area contributed by atoms with Crippen molar-refractivity contribution in [3.8, 4) is 0 Å². The Morgan fingerprint density at radius 3 is 2.58 bits per heavy atom. The van der Waals surface area contributed by atoms with E-state index in [-0.39, 0.29) is 11.3 Å². The minimum atomic E-state index is -0.479. The van der Waals surface area contributed by atoms with Crippen LogP contribution in [-0.4, -0.2) is 11.1 Å². The normalized spacial score (nSPS) is 11.5. The van der Waals surface area contributed by atoms with E-state index in [4.69, 9.17) is 4.52 Å². The molecule has 0 radical (unpaired) electrons. The molecule has 5 nitrogen and oxygen atoms in total. The Hall–Kier alpha value is -2.95. The first kappa shape index (κ1) is 17.9. The molecule has 0 aliphatic rings. The molecule has 0 unspecified atom stereocenters. The van der Waals surface area contributed by atoms with Gasteiger partial charge in [-0.25, -0.2) is 4.79 Å². The van der Waals surface area contributed by atoms with Crippen LogP contribution in [0.25, 0.3) is 10.8 Å². The number of aromatic nitrogens is 1. The Kier molecular flexibility index (Phi) is 4.89. The van der Waals surface area contributed by atoms with Crippen molar-refractivity contribution in [1.82, 2.24) is 5.16 Å². The Balaban J connectivity index is 1.70. The quantitative estimate of drug-likeness (QED) is 0.749. The zero-order valence-electron chi connectivity index (χ0n) is 15.2. The third-order valence-electron chi connectivity index (χ3n) is 4.71. The number of hydrogen-bond donors (Lipinski definition) is 1. The molecule has 0 saturated carbocycles. The van der Waals surface area contributed by atoms with Gasteiger partial charge in [0.05, 0.1) is 11.1 Å². The summed E-state index contributed by atoms with van der Waals surface area (Å²) in [6.07, 6.45) is 1.15. The van der Waals surface area contributed by atoms with Crippen molar-refractivity contribution in [2.45, 2.75) is 39.0 Å². The number of fused-ring (bicyclic) bond motifs is 1. The van der Waals surface area contributed by atoms with Gasteiger partial charge >= 0.3 is 5.63 Å². The van der Waals surface area contributed by atoms with Crippen LogP contribution in [0.1, 0.15) is 37.9 Å². The van der Waals surface area contributed by atoms with Crippen LogP contribution in [0, 0.1) is 6.92 Å². The molecular weight excluding hydrogens is 328 g/mol. The fourth-order valence-corrected chi connectivity index (χ4v) is 2.99. The monoisotopic (exact) mass is 350 g/mol. The van der Waals surface area contributed by atoms with Crippen molar-refractivity contribution >= 4 is 22.4 Å². The van der Waals surface area contributed by atoms with Crippen LogP contribution in [0.2, 0.25) is 0 Å². The van der Waals surface area contributed by atoms with Crippen molar-refractivity contribution in [3.05, 3.63) is 70.2 Å². The van der Waals surface area contributed by atoms with E-state index in [0.717, 1.165) is 6.42 Å². The van der Waals surface area contributed by atoms with Crippen molar-refractivity contribution in [2.75, 3.05) is 5.32 Å². The minimum Gasteiger partial charge on any atom is -0.326 e. The number of aryl methyl sites for hydroxylation is 1. The topological polar surface area (TPSA) is 72.2 Å². The van der Waals surface area contributed by atoms with Crippen molar-refractivity contribution in [2.24, 2.45) is 0 Å². The van der Waals surface area contributed by atoms with Gasteiger partial charge in [0.1, 0.15) is 0 Å². The highest BCUT2D eigenvalue weighted by molar-refractivity contribution is 5.94. The number of benzene rings is 2. The number of anilines is 1. The first-order chi connectivity index (χ1) is 12.4. The van der Waals surface area contributed by atoms with Crippen molar-refractivity contribution < 1.29 is 9.32 Å². The molecule has 5 heteroatoms. The maximum atomic E-state index is 12.4. The van der Waals surface area contributed by atoms with Crippen LogP contribution in [0.4, 0.5) is 5.69 Å². The molecule has 0 aliphatic carbocycles. The van der Waals surface area contributed by atoms with Gasteiger partial charge in [-0.05, 0) is 42.5 Å². The number of hydrogen-bond acceptors (Lipinski definition) is 4. The number of amides is 1. The number of carbonyl (C=O) groups excluding carboxylic acids is 1. The van der Waals surface area contributed by atoms with Crippen LogP contribution >= 0.6 is 0 Å². The van der Waals surface area contributed by atoms with E-state index in [2.05, 4.69) is 36.5 Å². The minimum absolute atomic E-state index is 0.0538. The maximum absolute atomic E-state index is 12.4. The molecule has 3 rings (SSSR count). The summed E-state index contributed by atoms with van der Waals surface area (Å²) in [6, 6.07) is 15.3. The Labute approximate surface area is 152 Å². The van der Waals surface area contributed by atoms with E-state index in [1.54, 1.807) is 25.1 Å². The SMILES string of the molecule is Cc1noc(=O)c2ccc(NC(=O)CCC(C)(C)c3ccccc3)cc12. The lowest BCUT2D eigenvalue weighted by Crippen LogP contribution is -2.21. The summed E-state index contributed by atoms with van der Waals surface area (Å²) in [5.74, 6) is -0.0538. The molecule has 0 spiro atoms. The molecule has 0 fully saturated rings. The molecule has 2 aromatic carbocycles. The molecule has 134 valence electrons. The molecule has 1 aromatic heterocycles. The van der Waals surface area contributed by atoms with Gasteiger partial charge in [-0.3, -0.25) is 4.79 Å². The molecule has 0 bridgehead atoms. The van der Waals surface area contributed by atoms with Crippen LogP contribution < -0.4 is 10.9 Å². The summed E-state index contributed by atoms with van der Waals surface area (Å²) in [7, 11) is 0. The Morgan fingerprint density at radius 1 is 1.12 bits per heavy atom. The molecule has 1 heterocycles. The van der Waals surface area contributed by atoms with Crippen LogP contribution in [-0.2, 0) is 10.2 Å². The molecular formula is C21H22N2O3. The predicted molar refractivity (Wildman–Crippen MR) is 102 cm³/mol. The zero-order chi connectivity index (χ0) is 18.7. The van der Waals surface area contributed by atoms with Gasteiger partial charge in [-0.2, -0.15) is 0 Å². The van der Waals surface area contributed by atoms with Gasteiger partial charge in [0, 0.05) is 17.5 Å². The lowest BCUT2D eigenvalue weighted by molar-refractivity contribution is -0.116. The zero-order valence-corrected chi connectivity index (χ0v) is 15.2. The van der Waals surface area contributed by atoms with E-state index in [0.29, 0.717) is 28.6 Å². The number of nitrogens with one attached hydrogen (secondary N) is 1. The maximum Gasteiger partial charge on any atom is 0.366 e. The largest absolute Gasteiger partial charge is 0.366 e. The molecule has 1 N–H and O–H groups in total. The van der Waals surface area contributed by atoms with Crippen molar-refractivity contribution in [3.63, 3.8) is 0 Å². The third kappa shape index (κ3) is 3.82. The van der Waals surface area contributed by atoms with E-state index in [1.807, 2.05) is 18.2 Å².